The van der Waals surface area contributed by atoms with E-state index in [1.807, 2.05) is 0 Å². The van der Waals surface area contributed by atoms with Crippen LogP contribution in [0, 0.1) is 5.92 Å². The predicted octanol–water partition coefficient (Wildman–Crippen LogP) is 0.483. The fourth-order valence-electron chi connectivity index (χ4n) is 2.15. The smallest absolute Gasteiger partial charge is 0.305 e. The second kappa shape index (κ2) is 5.84. The first-order chi connectivity index (χ1) is 7.50. The van der Waals surface area contributed by atoms with Gasteiger partial charge in [0.2, 0.25) is 5.91 Å². The molecule has 0 heterocycles. The number of carbonyl (C=O) groups is 2. The Kier molecular flexibility index (Phi) is 4.73. The third-order valence-electron chi connectivity index (χ3n) is 3.03. The molecule has 5 nitrogen and oxygen atoms in total. The van der Waals surface area contributed by atoms with Crippen LogP contribution < -0.4 is 11.1 Å². The molecule has 5 heteroatoms. The van der Waals surface area contributed by atoms with E-state index < -0.39 is 5.97 Å². The number of carbonyl (C=O) groups excluding carboxylic acids is 1. The lowest BCUT2D eigenvalue weighted by molar-refractivity contribution is -0.137. The molecular weight excluding hydrogens is 208 g/mol. The van der Waals surface area contributed by atoms with Crippen molar-refractivity contribution in [3.05, 3.63) is 0 Å². The summed E-state index contributed by atoms with van der Waals surface area (Å²) >= 11 is 0. The molecule has 1 rings (SSSR count). The summed E-state index contributed by atoms with van der Waals surface area (Å²) in [4.78, 5) is 22.3. The summed E-state index contributed by atoms with van der Waals surface area (Å²) in [5.41, 5.74) is 5.88. The normalized spacial score (nSPS) is 27.1. The number of nitrogens with one attached hydrogen (secondary N) is 1. The zero-order valence-electron chi connectivity index (χ0n) is 9.61. The highest BCUT2D eigenvalue weighted by Crippen LogP contribution is 2.23. The monoisotopic (exact) mass is 228 g/mol. The average molecular weight is 228 g/mol. The molecule has 3 atom stereocenters. The van der Waals surface area contributed by atoms with Crippen molar-refractivity contribution in [2.24, 2.45) is 11.7 Å². The summed E-state index contributed by atoms with van der Waals surface area (Å²) in [6.07, 6.45) is 3.75. The zero-order chi connectivity index (χ0) is 12.1. The topological polar surface area (TPSA) is 92.4 Å². The van der Waals surface area contributed by atoms with E-state index >= 15 is 0 Å². The molecule has 4 N–H and O–H groups in total. The molecule has 1 aliphatic carbocycles. The largest absolute Gasteiger partial charge is 0.481 e. The van der Waals surface area contributed by atoms with Crippen molar-refractivity contribution in [3.8, 4) is 0 Å². The van der Waals surface area contributed by atoms with Crippen LogP contribution in [0.3, 0.4) is 0 Å². The Morgan fingerprint density at radius 2 is 2.06 bits per heavy atom. The van der Waals surface area contributed by atoms with Crippen LogP contribution in [0.5, 0.6) is 0 Å². The second-order valence-electron chi connectivity index (χ2n) is 4.56. The highest BCUT2D eigenvalue weighted by Gasteiger charge is 2.28. The lowest BCUT2D eigenvalue weighted by Gasteiger charge is -2.28. The highest BCUT2D eigenvalue weighted by atomic mass is 16.4. The van der Waals surface area contributed by atoms with Crippen molar-refractivity contribution < 1.29 is 14.7 Å². The van der Waals surface area contributed by atoms with Crippen LogP contribution in [0.2, 0.25) is 0 Å². The number of rotatable bonds is 4. The Bertz CT molecular complexity index is 268. The summed E-state index contributed by atoms with van der Waals surface area (Å²) in [7, 11) is 0. The molecule has 3 unspecified atom stereocenters. The predicted molar refractivity (Wildman–Crippen MR) is 59.8 cm³/mol. The first kappa shape index (κ1) is 13.0. The van der Waals surface area contributed by atoms with Crippen molar-refractivity contribution in [3.63, 3.8) is 0 Å². The molecular formula is C11H20N2O3. The molecule has 0 radical (unpaired) electrons. The maximum Gasteiger partial charge on any atom is 0.305 e. The number of carboxylic acids is 1. The summed E-state index contributed by atoms with van der Waals surface area (Å²) in [6.45, 7) is 1.69. The van der Waals surface area contributed by atoms with E-state index in [9.17, 15) is 9.59 Å². The number of hydrogen-bond donors (Lipinski definition) is 3. The summed E-state index contributed by atoms with van der Waals surface area (Å²) < 4.78 is 0. The quantitative estimate of drug-likeness (QED) is 0.652. The van der Waals surface area contributed by atoms with Crippen LogP contribution in [0.25, 0.3) is 0 Å². The standard InChI is InChI=1S/C11H20N2O3/c1-7(6-10(14)15)13-11(16)8-4-2-3-5-9(8)12/h7-9H,2-6,12H2,1H3,(H,13,16)(H,14,15). The van der Waals surface area contributed by atoms with Crippen LogP contribution in [-0.2, 0) is 9.59 Å². The summed E-state index contributed by atoms with van der Waals surface area (Å²) in [5, 5.41) is 11.3. The van der Waals surface area contributed by atoms with Crippen molar-refractivity contribution >= 4 is 11.9 Å². The lowest BCUT2D eigenvalue weighted by atomic mass is 9.84. The van der Waals surface area contributed by atoms with E-state index in [-0.39, 0.29) is 30.3 Å². The molecule has 0 aromatic carbocycles. The van der Waals surface area contributed by atoms with Gasteiger partial charge in [-0.15, -0.1) is 0 Å². The third-order valence-corrected chi connectivity index (χ3v) is 3.03. The van der Waals surface area contributed by atoms with Gasteiger partial charge < -0.3 is 16.2 Å². The van der Waals surface area contributed by atoms with Gasteiger partial charge in [0.25, 0.3) is 0 Å². The fraction of sp³-hybridized carbons (Fsp3) is 0.818. The number of aliphatic carboxylic acids is 1. The highest BCUT2D eigenvalue weighted by molar-refractivity contribution is 5.80. The van der Waals surface area contributed by atoms with Crippen molar-refractivity contribution in [1.29, 1.82) is 0 Å². The van der Waals surface area contributed by atoms with Crippen molar-refractivity contribution in [1.82, 2.24) is 5.32 Å². The SMILES string of the molecule is CC(CC(=O)O)NC(=O)C1CCCCC1N. The Morgan fingerprint density at radius 3 is 2.62 bits per heavy atom. The molecule has 0 aromatic rings. The number of nitrogens with two attached hydrogens (primary N) is 1. The fourth-order valence-corrected chi connectivity index (χ4v) is 2.15. The molecule has 0 bridgehead atoms. The molecule has 16 heavy (non-hydrogen) atoms. The van der Waals surface area contributed by atoms with Crippen LogP contribution >= 0.6 is 0 Å². The van der Waals surface area contributed by atoms with E-state index in [1.54, 1.807) is 6.92 Å². The van der Waals surface area contributed by atoms with Gasteiger partial charge >= 0.3 is 5.97 Å². The third kappa shape index (κ3) is 3.81. The molecule has 1 amide bonds. The van der Waals surface area contributed by atoms with Crippen molar-refractivity contribution in [2.75, 3.05) is 0 Å². The van der Waals surface area contributed by atoms with E-state index in [4.69, 9.17) is 10.8 Å². The van der Waals surface area contributed by atoms with Gasteiger partial charge in [-0.25, -0.2) is 0 Å². The number of carboxylic acid groups (broad SMARTS) is 1. The molecule has 0 spiro atoms. The van der Waals surface area contributed by atoms with Crippen LogP contribution in [-0.4, -0.2) is 29.1 Å². The second-order valence-corrected chi connectivity index (χ2v) is 4.56. The summed E-state index contributed by atoms with van der Waals surface area (Å²) in [6, 6.07) is -0.412. The van der Waals surface area contributed by atoms with Gasteiger partial charge in [0.05, 0.1) is 12.3 Å². The van der Waals surface area contributed by atoms with Gasteiger partial charge in [-0.05, 0) is 19.8 Å². The zero-order valence-corrected chi connectivity index (χ0v) is 9.61. The maximum atomic E-state index is 11.8. The molecule has 0 aliphatic heterocycles. The average Bonchev–Trinajstić information content (AvgIpc) is 2.16. The summed E-state index contributed by atoms with van der Waals surface area (Å²) in [5.74, 6) is -1.15. The molecule has 0 saturated heterocycles. The molecule has 1 aliphatic rings. The van der Waals surface area contributed by atoms with Crippen LogP contribution in [0.1, 0.15) is 39.0 Å². The Balaban J connectivity index is 2.41. The molecule has 0 aromatic heterocycles. The van der Waals surface area contributed by atoms with Crippen LogP contribution in [0.15, 0.2) is 0 Å². The minimum Gasteiger partial charge on any atom is -0.481 e. The molecule has 1 fully saturated rings. The maximum absolute atomic E-state index is 11.8. The van der Waals surface area contributed by atoms with Crippen molar-refractivity contribution in [2.45, 2.75) is 51.1 Å². The van der Waals surface area contributed by atoms with Gasteiger partial charge in [-0.3, -0.25) is 9.59 Å². The Labute approximate surface area is 95.4 Å². The number of amides is 1. The van der Waals surface area contributed by atoms with E-state index in [0.29, 0.717) is 0 Å². The molecule has 1 saturated carbocycles. The number of hydrogen-bond acceptors (Lipinski definition) is 3. The minimum absolute atomic E-state index is 0.0479. The van der Waals surface area contributed by atoms with Gasteiger partial charge in [0, 0.05) is 12.1 Å². The van der Waals surface area contributed by atoms with Gasteiger partial charge in [0.15, 0.2) is 0 Å². The van der Waals surface area contributed by atoms with E-state index in [2.05, 4.69) is 5.32 Å². The van der Waals surface area contributed by atoms with E-state index in [1.165, 1.54) is 0 Å². The van der Waals surface area contributed by atoms with Gasteiger partial charge in [-0.2, -0.15) is 0 Å². The lowest BCUT2D eigenvalue weighted by Crippen LogP contribution is -2.46. The molecule has 92 valence electrons. The first-order valence-corrected chi connectivity index (χ1v) is 5.78. The van der Waals surface area contributed by atoms with Crippen LogP contribution in [0.4, 0.5) is 0 Å². The van der Waals surface area contributed by atoms with E-state index in [0.717, 1.165) is 25.7 Å². The first-order valence-electron chi connectivity index (χ1n) is 5.78. The minimum atomic E-state index is -0.902. The Morgan fingerprint density at radius 1 is 1.44 bits per heavy atom. The Hall–Kier alpha value is -1.10. The van der Waals surface area contributed by atoms with Gasteiger partial charge in [0.1, 0.15) is 0 Å². The van der Waals surface area contributed by atoms with Gasteiger partial charge in [-0.1, -0.05) is 12.8 Å².